The zero-order chi connectivity index (χ0) is 14.4. The number of hydrogen-bond acceptors (Lipinski definition) is 3. The van der Waals surface area contributed by atoms with Gasteiger partial charge in [0.25, 0.3) is 5.91 Å². The number of carbonyl (C=O) groups excluding carboxylic acids is 1. The Bertz CT molecular complexity index is 741. The molecule has 0 bridgehead atoms. The Morgan fingerprint density at radius 2 is 2.29 bits per heavy atom. The predicted octanol–water partition coefficient (Wildman–Crippen LogP) is 1.59. The SMILES string of the molecule is O=C(N[C@H](CO)c1ccccn1)C1=CC=C2C1=CC1=C[C@@H]12. The molecule has 0 aliphatic heterocycles. The Labute approximate surface area is 122 Å². The lowest BCUT2D eigenvalue weighted by Gasteiger charge is -2.16. The lowest BCUT2D eigenvalue weighted by Crippen LogP contribution is -2.32. The number of rotatable bonds is 4. The van der Waals surface area contributed by atoms with Gasteiger partial charge in [0.05, 0.1) is 18.3 Å². The first kappa shape index (κ1) is 12.3. The topological polar surface area (TPSA) is 62.2 Å². The molecule has 104 valence electrons. The molecule has 2 N–H and O–H groups in total. The van der Waals surface area contributed by atoms with Gasteiger partial charge in [-0.2, -0.15) is 0 Å². The molecular formula is C17H14N2O2. The van der Waals surface area contributed by atoms with Gasteiger partial charge in [-0.1, -0.05) is 18.2 Å². The predicted molar refractivity (Wildman–Crippen MR) is 78.0 cm³/mol. The largest absolute Gasteiger partial charge is 0.394 e. The van der Waals surface area contributed by atoms with Crippen LogP contribution >= 0.6 is 0 Å². The highest BCUT2D eigenvalue weighted by molar-refractivity contribution is 6.02. The van der Waals surface area contributed by atoms with Crippen molar-refractivity contribution in [1.82, 2.24) is 10.3 Å². The Morgan fingerprint density at radius 3 is 3.05 bits per heavy atom. The molecule has 3 aliphatic rings. The number of aliphatic hydroxyl groups excluding tert-OH is 1. The fourth-order valence-corrected chi connectivity index (χ4v) is 2.89. The lowest BCUT2D eigenvalue weighted by atomic mass is 10.0. The summed E-state index contributed by atoms with van der Waals surface area (Å²) >= 11 is 0. The summed E-state index contributed by atoms with van der Waals surface area (Å²) in [6, 6.07) is 4.95. The number of amides is 1. The van der Waals surface area contributed by atoms with Gasteiger partial charge in [-0.05, 0) is 41.0 Å². The molecule has 1 aromatic heterocycles. The van der Waals surface area contributed by atoms with Crippen LogP contribution in [0.2, 0.25) is 0 Å². The number of allylic oxidation sites excluding steroid dienone is 6. The van der Waals surface area contributed by atoms with Gasteiger partial charge in [0.15, 0.2) is 0 Å². The third-order valence-electron chi connectivity index (χ3n) is 4.06. The maximum absolute atomic E-state index is 12.4. The zero-order valence-electron chi connectivity index (χ0n) is 11.3. The first-order valence-electron chi connectivity index (χ1n) is 6.96. The highest BCUT2D eigenvalue weighted by atomic mass is 16.3. The van der Waals surface area contributed by atoms with Crippen molar-refractivity contribution in [3.05, 3.63) is 76.7 Å². The van der Waals surface area contributed by atoms with Crippen LogP contribution in [0.3, 0.4) is 0 Å². The minimum atomic E-state index is -0.487. The molecule has 2 atom stereocenters. The third-order valence-corrected chi connectivity index (χ3v) is 4.06. The van der Waals surface area contributed by atoms with Gasteiger partial charge in [0, 0.05) is 17.7 Å². The molecule has 0 radical (unpaired) electrons. The Balaban J connectivity index is 1.51. The molecule has 0 fully saturated rings. The molecule has 21 heavy (non-hydrogen) atoms. The normalized spacial score (nSPS) is 22.4. The van der Waals surface area contributed by atoms with E-state index in [0.29, 0.717) is 17.2 Å². The lowest BCUT2D eigenvalue weighted by molar-refractivity contribution is -0.118. The summed E-state index contributed by atoms with van der Waals surface area (Å²) in [5, 5.41) is 12.4. The van der Waals surface area contributed by atoms with Crippen molar-refractivity contribution in [3.63, 3.8) is 0 Å². The van der Waals surface area contributed by atoms with E-state index in [9.17, 15) is 9.90 Å². The molecule has 0 saturated heterocycles. The number of fused-ring (bicyclic) bond motifs is 3. The van der Waals surface area contributed by atoms with E-state index in [1.165, 1.54) is 11.1 Å². The number of aliphatic hydroxyl groups is 1. The van der Waals surface area contributed by atoms with Crippen LogP contribution in [-0.4, -0.2) is 22.6 Å². The van der Waals surface area contributed by atoms with E-state index in [0.717, 1.165) is 5.57 Å². The number of hydrogen-bond donors (Lipinski definition) is 2. The van der Waals surface area contributed by atoms with Crippen molar-refractivity contribution in [2.75, 3.05) is 6.61 Å². The Kier molecular flexibility index (Phi) is 2.65. The maximum Gasteiger partial charge on any atom is 0.252 e. The van der Waals surface area contributed by atoms with Crippen molar-refractivity contribution in [2.45, 2.75) is 6.04 Å². The first-order chi connectivity index (χ1) is 10.3. The number of pyridine rings is 1. The summed E-state index contributed by atoms with van der Waals surface area (Å²) in [7, 11) is 0. The van der Waals surface area contributed by atoms with Crippen LogP contribution in [0.1, 0.15) is 11.7 Å². The van der Waals surface area contributed by atoms with Crippen LogP contribution in [0.15, 0.2) is 71.0 Å². The van der Waals surface area contributed by atoms with Crippen molar-refractivity contribution in [3.8, 4) is 0 Å². The van der Waals surface area contributed by atoms with E-state index in [-0.39, 0.29) is 12.5 Å². The van der Waals surface area contributed by atoms with Gasteiger partial charge in [-0.3, -0.25) is 9.78 Å². The van der Waals surface area contributed by atoms with Crippen LogP contribution in [0.25, 0.3) is 0 Å². The summed E-state index contributed by atoms with van der Waals surface area (Å²) in [6.45, 7) is -0.177. The van der Waals surface area contributed by atoms with Gasteiger partial charge in [0.1, 0.15) is 0 Å². The minimum Gasteiger partial charge on any atom is -0.394 e. The summed E-state index contributed by atoms with van der Waals surface area (Å²) in [5.41, 5.74) is 4.87. The second-order valence-corrected chi connectivity index (χ2v) is 5.37. The second kappa shape index (κ2) is 4.53. The smallest absolute Gasteiger partial charge is 0.252 e. The molecule has 1 aromatic rings. The summed E-state index contributed by atoms with van der Waals surface area (Å²) in [6.07, 6.45) is 9.78. The van der Waals surface area contributed by atoms with Crippen molar-refractivity contribution >= 4 is 5.91 Å². The number of nitrogens with zero attached hydrogens (tertiary/aromatic N) is 1. The van der Waals surface area contributed by atoms with Crippen LogP contribution in [0.4, 0.5) is 0 Å². The molecule has 1 heterocycles. The van der Waals surface area contributed by atoms with Crippen molar-refractivity contribution in [2.24, 2.45) is 5.92 Å². The second-order valence-electron chi connectivity index (χ2n) is 5.37. The molecular weight excluding hydrogens is 264 g/mol. The monoisotopic (exact) mass is 278 g/mol. The van der Waals surface area contributed by atoms with E-state index >= 15 is 0 Å². The summed E-state index contributed by atoms with van der Waals surface area (Å²) in [4.78, 5) is 16.6. The van der Waals surface area contributed by atoms with Crippen molar-refractivity contribution in [1.29, 1.82) is 0 Å². The Morgan fingerprint density at radius 1 is 1.38 bits per heavy atom. The molecule has 0 aromatic carbocycles. The molecule has 0 spiro atoms. The van der Waals surface area contributed by atoms with Crippen LogP contribution in [0.5, 0.6) is 0 Å². The average molecular weight is 278 g/mol. The molecule has 4 rings (SSSR count). The van der Waals surface area contributed by atoms with Gasteiger partial charge in [0.2, 0.25) is 0 Å². The van der Waals surface area contributed by atoms with Gasteiger partial charge < -0.3 is 10.4 Å². The fraction of sp³-hybridized carbons (Fsp3) is 0.176. The quantitative estimate of drug-likeness (QED) is 0.879. The molecule has 1 amide bonds. The number of carbonyl (C=O) groups is 1. The average Bonchev–Trinajstić information content (AvgIpc) is 3.00. The van der Waals surface area contributed by atoms with Crippen LogP contribution < -0.4 is 5.32 Å². The maximum atomic E-state index is 12.4. The fourth-order valence-electron chi connectivity index (χ4n) is 2.89. The van der Waals surface area contributed by atoms with Gasteiger partial charge in [-0.15, -0.1) is 0 Å². The minimum absolute atomic E-state index is 0.167. The first-order valence-corrected chi connectivity index (χ1v) is 6.96. The molecule has 0 saturated carbocycles. The zero-order valence-corrected chi connectivity index (χ0v) is 11.3. The molecule has 3 aliphatic carbocycles. The molecule has 0 unspecified atom stereocenters. The standard InChI is InChI=1S/C17H14N2O2/c20-9-16(15-3-1-2-6-18-15)19-17(21)12-5-4-11-13-7-10(13)8-14(11)12/h1-8,13,16,20H,9H2,(H,19,21)/t13-,16+/m0/s1. The highest BCUT2D eigenvalue weighted by Gasteiger charge is 2.39. The van der Waals surface area contributed by atoms with E-state index < -0.39 is 6.04 Å². The van der Waals surface area contributed by atoms with E-state index in [1.807, 2.05) is 18.2 Å². The van der Waals surface area contributed by atoms with Crippen molar-refractivity contribution < 1.29 is 9.90 Å². The van der Waals surface area contributed by atoms with Crippen LogP contribution in [-0.2, 0) is 4.79 Å². The Hall–Kier alpha value is -2.46. The molecule has 4 nitrogen and oxygen atoms in total. The van der Waals surface area contributed by atoms with E-state index in [2.05, 4.69) is 22.5 Å². The van der Waals surface area contributed by atoms with Gasteiger partial charge in [-0.25, -0.2) is 0 Å². The van der Waals surface area contributed by atoms with Gasteiger partial charge >= 0.3 is 0 Å². The number of aromatic nitrogens is 1. The molecule has 4 heteroatoms. The van der Waals surface area contributed by atoms with Crippen LogP contribution in [0, 0.1) is 5.92 Å². The van der Waals surface area contributed by atoms with E-state index in [4.69, 9.17) is 0 Å². The summed E-state index contributed by atoms with van der Waals surface area (Å²) < 4.78 is 0. The number of nitrogens with one attached hydrogen (secondary N) is 1. The van der Waals surface area contributed by atoms with E-state index in [1.54, 1.807) is 18.3 Å². The third kappa shape index (κ3) is 1.96. The summed E-state index contributed by atoms with van der Waals surface area (Å²) in [5.74, 6) is 0.269. The highest BCUT2D eigenvalue weighted by Crippen LogP contribution is 2.51.